The summed E-state index contributed by atoms with van der Waals surface area (Å²) in [5.74, 6) is 3.51. The summed E-state index contributed by atoms with van der Waals surface area (Å²) in [6, 6.07) is 0.345. The van der Waals surface area contributed by atoms with Crippen LogP contribution in [-0.4, -0.2) is 41.2 Å². The van der Waals surface area contributed by atoms with Gasteiger partial charge in [-0.3, -0.25) is 0 Å². The Morgan fingerprint density at radius 1 is 1.00 bits per heavy atom. The molecule has 0 aromatic carbocycles. The number of fused-ring (bicyclic) bond motifs is 5. The lowest BCUT2D eigenvalue weighted by Gasteiger charge is -2.64. The summed E-state index contributed by atoms with van der Waals surface area (Å²) in [6.07, 6.45) is 11.3. The molecule has 11 atom stereocenters. The fraction of sp³-hybridized carbons (Fsp3) is 0.966. The zero-order valence-electron chi connectivity index (χ0n) is 22.0. The number of carbonyl (C=O) groups excluding carboxylic acids is 1. The molecule has 5 fully saturated rings. The van der Waals surface area contributed by atoms with Gasteiger partial charge >= 0.3 is 6.09 Å². The van der Waals surface area contributed by atoms with E-state index in [9.17, 15) is 15.0 Å². The van der Waals surface area contributed by atoms with E-state index < -0.39 is 0 Å². The molecule has 34 heavy (non-hydrogen) atoms. The summed E-state index contributed by atoms with van der Waals surface area (Å²) < 4.78 is 5.49. The minimum atomic E-state index is -0.248. The molecule has 0 aliphatic heterocycles. The highest BCUT2D eigenvalue weighted by Crippen LogP contribution is 2.69. The van der Waals surface area contributed by atoms with Crippen molar-refractivity contribution >= 4 is 6.09 Å². The van der Waals surface area contributed by atoms with Gasteiger partial charge in [-0.05, 0) is 116 Å². The molecule has 5 saturated carbocycles. The molecule has 5 rings (SSSR count). The van der Waals surface area contributed by atoms with Gasteiger partial charge in [0.25, 0.3) is 0 Å². The number of hydrogen-bond acceptors (Lipinski definition) is 4. The number of rotatable bonds is 6. The zero-order chi connectivity index (χ0) is 24.3. The molecule has 0 aromatic rings. The maximum atomic E-state index is 11.9. The Labute approximate surface area is 206 Å². The second kappa shape index (κ2) is 9.25. The molecule has 0 radical (unpaired) electrons. The van der Waals surface area contributed by atoms with Crippen LogP contribution in [-0.2, 0) is 4.74 Å². The highest BCUT2D eigenvalue weighted by atomic mass is 16.5. The fourth-order valence-corrected chi connectivity index (χ4v) is 9.91. The molecule has 1 amide bonds. The average Bonchev–Trinajstić information content (AvgIpc) is 3.53. The largest absolute Gasteiger partial charge is 0.450 e. The summed E-state index contributed by atoms with van der Waals surface area (Å²) in [7, 11) is 0. The van der Waals surface area contributed by atoms with E-state index in [1.54, 1.807) is 0 Å². The third-order valence-corrected chi connectivity index (χ3v) is 11.9. The number of amides is 1. The molecular weight excluding hydrogens is 426 g/mol. The zero-order valence-corrected chi connectivity index (χ0v) is 22.0. The predicted octanol–water partition coefficient (Wildman–Crippen LogP) is 5.53. The molecule has 5 aliphatic rings. The van der Waals surface area contributed by atoms with E-state index >= 15 is 0 Å². The lowest BCUT2D eigenvalue weighted by Crippen LogP contribution is -2.62. The Morgan fingerprint density at radius 2 is 1.71 bits per heavy atom. The van der Waals surface area contributed by atoms with Gasteiger partial charge in [0.05, 0.1) is 18.8 Å². The van der Waals surface area contributed by atoms with Gasteiger partial charge in [-0.25, -0.2) is 4.79 Å². The van der Waals surface area contributed by atoms with Crippen molar-refractivity contribution < 1.29 is 19.7 Å². The van der Waals surface area contributed by atoms with Crippen LogP contribution in [0.15, 0.2) is 0 Å². The number of ether oxygens (including phenoxy) is 1. The van der Waals surface area contributed by atoms with Crippen LogP contribution in [0.2, 0.25) is 0 Å². The van der Waals surface area contributed by atoms with Crippen molar-refractivity contribution in [1.82, 2.24) is 5.32 Å². The molecule has 0 spiro atoms. The van der Waals surface area contributed by atoms with Crippen LogP contribution in [0.4, 0.5) is 4.79 Å². The number of nitrogens with one attached hydrogen (secondary N) is 1. The molecule has 194 valence electrons. The van der Waals surface area contributed by atoms with E-state index in [0.717, 1.165) is 44.9 Å². The third kappa shape index (κ3) is 4.11. The summed E-state index contributed by atoms with van der Waals surface area (Å²) in [5, 5.41) is 25.2. The average molecular weight is 476 g/mol. The number of carbonyl (C=O) groups is 1. The summed E-state index contributed by atoms with van der Waals surface area (Å²) in [6.45, 7) is 10.1. The second-order valence-corrected chi connectivity index (χ2v) is 13.4. The third-order valence-electron chi connectivity index (χ3n) is 11.9. The summed E-state index contributed by atoms with van der Waals surface area (Å²) >= 11 is 0. The fourth-order valence-electron chi connectivity index (χ4n) is 9.91. The molecule has 3 N–H and O–H groups in total. The Hall–Kier alpha value is -0.810. The maximum absolute atomic E-state index is 11.9. The van der Waals surface area contributed by atoms with E-state index in [0.29, 0.717) is 54.1 Å². The van der Waals surface area contributed by atoms with Crippen LogP contribution in [0.1, 0.15) is 98.3 Å². The van der Waals surface area contributed by atoms with Gasteiger partial charge in [-0.15, -0.1) is 0 Å². The van der Waals surface area contributed by atoms with Gasteiger partial charge in [0.1, 0.15) is 0 Å². The van der Waals surface area contributed by atoms with Crippen molar-refractivity contribution in [3.63, 3.8) is 0 Å². The molecule has 0 bridgehead atoms. The first-order chi connectivity index (χ1) is 16.2. The highest BCUT2D eigenvalue weighted by molar-refractivity contribution is 5.67. The molecule has 5 nitrogen and oxygen atoms in total. The molecule has 0 saturated heterocycles. The van der Waals surface area contributed by atoms with E-state index in [1.165, 1.54) is 25.7 Å². The van der Waals surface area contributed by atoms with Crippen LogP contribution < -0.4 is 5.32 Å². The van der Waals surface area contributed by atoms with Crippen molar-refractivity contribution in [1.29, 1.82) is 0 Å². The maximum Gasteiger partial charge on any atom is 0.407 e. The van der Waals surface area contributed by atoms with E-state index in [2.05, 4.69) is 33.0 Å². The van der Waals surface area contributed by atoms with Gasteiger partial charge in [-0.2, -0.15) is 0 Å². The van der Waals surface area contributed by atoms with Crippen molar-refractivity contribution in [2.45, 2.75) is 117 Å². The number of alkyl carbamates (subject to hydrolysis) is 1. The van der Waals surface area contributed by atoms with Crippen LogP contribution >= 0.6 is 0 Å². The summed E-state index contributed by atoms with van der Waals surface area (Å²) in [4.78, 5) is 11.9. The Morgan fingerprint density at radius 3 is 2.41 bits per heavy atom. The van der Waals surface area contributed by atoms with Crippen LogP contribution in [0.3, 0.4) is 0 Å². The Bertz CT molecular complexity index is 754. The molecule has 0 heterocycles. The van der Waals surface area contributed by atoms with Crippen molar-refractivity contribution in [2.75, 3.05) is 6.61 Å². The minimum absolute atomic E-state index is 0.185. The second-order valence-electron chi connectivity index (χ2n) is 13.4. The Kier molecular flexibility index (Phi) is 6.76. The normalized spacial score (nSPS) is 48.9. The minimum Gasteiger partial charge on any atom is -0.450 e. The van der Waals surface area contributed by atoms with Crippen LogP contribution in [0.5, 0.6) is 0 Å². The number of hydrogen-bond donors (Lipinski definition) is 3. The lowest BCUT2D eigenvalue weighted by atomic mass is 9.41. The number of aliphatic hydroxyl groups is 2. The molecule has 5 heteroatoms. The first kappa shape index (κ1) is 24.9. The number of aliphatic hydroxyl groups excluding tert-OH is 2. The SMILES string of the molecule is CC[C@H]1[C@@H](O)[C@@H]2[C@H](CC[C@]3(C)C([C@H](C)CCOC(=O)NC4CC4)CC[C@@H]23)[C@@]2(C)CC[C@@H](O)C[C@@H]12. The van der Waals surface area contributed by atoms with Crippen molar-refractivity contribution in [3.8, 4) is 0 Å². The van der Waals surface area contributed by atoms with Crippen LogP contribution in [0.25, 0.3) is 0 Å². The standard InChI is InChI=1S/C29H49NO4/c1-5-20-24-16-19(31)10-13-29(24,4)23-11-14-28(3)21(8-9-22(28)25(23)26(20)32)17(2)12-15-34-27(33)30-18-6-7-18/h17-26,31-32H,5-16H2,1-4H3,(H,30,33)/t17-,19-,20-,21?,22+,23+,24+,25+,26-,28-,29-/m1/s1. The quantitative estimate of drug-likeness (QED) is 0.472. The van der Waals surface area contributed by atoms with E-state index in [1.807, 2.05) is 0 Å². The van der Waals surface area contributed by atoms with Gasteiger partial charge in [0.2, 0.25) is 0 Å². The van der Waals surface area contributed by atoms with Gasteiger partial charge in [0, 0.05) is 6.04 Å². The van der Waals surface area contributed by atoms with Gasteiger partial charge in [0.15, 0.2) is 0 Å². The van der Waals surface area contributed by atoms with E-state index in [-0.39, 0.29) is 29.1 Å². The first-order valence-corrected chi connectivity index (χ1v) is 14.5. The highest BCUT2D eigenvalue weighted by Gasteiger charge is 2.64. The summed E-state index contributed by atoms with van der Waals surface area (Å²) in [5.41, 5.74) is 0.533. The monoisotopic (exact) mass is 475 g/mol. The van der Waals surface area contributed by atoms with Crippen molar-refractivity contribution in [2.24, 2.45) is 52.3 Å². The van der Waals surface area contributed by atoms with Crippen molar-refractivity contribution in [3.05, 3.63) is 0 Å². The van der Waals surface area contributed by atoms with Crippen LogP contribution in [0, 0.1) is 52.3 Å². The smallest absolute Gasteiger partial charge is 0.407 e. The predicted molar refractivity (Wildman–Crippen MR) is 133 cm³/mol. The molecule has 5 aliphatic carbocycles. The first-order valence-electron chi connectivity index (χ1n) is 14.5. The molecular formula is C29H49NO4. The van der Waals surface area contributed by atoms with Gasteiger partial charge in [-0.1, -0.05) is 34.1 Å². The molecule has 1 unspecified atom stereocenters. The molecule has 0 aromatic heterocycles. The van der Waals surface area contributed by atoms with E-state index in [4.69, 9.17) is 4.74 Å². The Balaban J connectivity index is 1.29. The lowest BCUT2D eigenvalue weighted by molar-refractivity contribution is -0.203. The topological polar surface area (TPSA) is 78.8 Å². The van der Waals surface area contributed by atoms with Gasteiger partial charge < -0.3 is 20.3 Å².